The Morgan fingerprint density at radius 3 is 2.28 bits per heavy atom. The zero-order valence-electron chi connectivity index (χ0n) is 14.6. The second-order valence-corrected chi connectivity index (χ2v) is 6.00. The van der Waals surface area contributed by atoms with E-state index < -0.39 is 11.9 Å². The van der Waals surface area contributed by atoms with E-state index in [9.17, 15) is 14.4 Å². The van der Waals surface area contributed by atoms with Gasteiger partial charge >= 0.3 is 0 Å². The molecule has 0 aromatic heterocycles. The Balaban J connectivity index is 0.00000576. The highest BCUT2D eigenvalue weighted by Gasteiger charge is 2.20. The topological polar surface area (TPSA) is 119 Å². The molecule has 1 aromatic carbocycles. The largest absolute Gasteiger partial charge is 0.370 e. The molecular weight excluding hydrogens is 344 g/mol. The summed E-state index contributed by atoms with van der Waals surface area (Å²) in [7, 11) is 0. The van der Waals surface area contributed by atoms with Crippen molar-refractivity contribution in [2.24, 2.45) is 17.4 Å². The minimum Gasteiger partial charge on any atom is -0.370 e. The molecule has 0 radical (unpaired) electrons. The summed E-state index contributed by atoms with van der Waals surface area (Å²) in [5, 5.41) is 2.55. The van der Waals surface area contributed by atoms with Gasteiger partial charge in [-0.25, -0.2) is 0 Å². The van der Waals surface area contributed by atoms with E-state index in [1.165, 1.54) is 4.90 Å². The van der Waals surface area contributed by atoms with Crippen LogP contribution in [-0.2, 0) is 20.9 Å². The molecule has 0 unspecified atom stereocenters. The zero-order valence-corrected chi connectivity index (χ0v) is 15.4. The van der Waals surface area contributed by atoms with Gasteiger partial charge in [-0.1, -0.05) is 44.2 Å². The van der Waals surface area contributed by atoms with E-state index in [2.05, 4.69) is 5.32 Å². The number of benzene rings is 1. The van der Waals surface area contributed by atoms with Crippen molar-refractivity contribution in [2.45, 2.75) is 32.9 Å². The molecule has 0 saturated carbocycles. The van der Waals surface area contributed by atoms with Crippen LogP contribution in [0.25, 0.3) is 0 Å². The Bertz CT molecular complexity index is 566. The van der Waals surface area contributed by atoms with Gasteiger partial charge in [0.25, 0.3) is 0 Å². The molecule has 7 nitrogen and oxygen atoms in total. The summed E-state index contributed by atoms with van der Waals surface area (Å²) in [6.07, 6.45) is 0.0675. The van der Waals surface area contributed by atoms with Crippen LogP contribution in [0, 0.1) is 5.92 Å². The molecule has 0 saturated heterocycles. The quantitative estimate of drug-likeness (QED) is 0.583. The molecule has 1 aromatic rings. The summed E-state index contributed by atoms with van der Waals surface area (Å²) in [4.78, 5) is 36.7. The van der Waals surface area contributed by atoms with Crippen molar-refractivity contribution < 1.29 is 14.4 Å². The molecule has 140 valence electrons. The average molecular weight is 371 g/mol. The van der Waals surface area contributed by atoms with Crippen LogP contribution in [0.4, 0.5) is 0 Å². The van der Waals surface area contributed by atoms with Crippen LogP contribution in [0.1, 0.15) is 25.8 Å². The number of nitrogens with zero attached hydrogens (tertiary/aromatic N) is 1. The van der Waals surface area contributed by atoms with Gasteiger partial charge in [-0.15, -0.1) is 12.4 Å². The highest BCUT2D eigenvalue weighted by atomic mass is 35.5. The van der Waals surface area contributed by atoms with Gasteiger partial charge in [0.05, 0.1) is 12.6 Å². The summed E-state index contributed by atoms with van der Waals surface area (Å²) in [6.45, 7) is 4.06. The number of amides is 3. The molecule has 0 aliphatic rings. The third-order valence-corrected chi connectivity index (χ3v) is 3.63. The van der Waals surface area contributed by atoms with Crippen LogP contribution in [0.15, 0.2) is 30.3 Å². The molecule has 3 amide bonds. The van der Waals surface area contributed by atoms with Crippen molar-refractivity contribution in [1.82, 2.24) is 10.2 Å². The lowest BCUT2D eigenvalue weighted by Gasteiger charge is -2.23. The van der Waals surface area contributed by atoms with Crippen LogP contribution in [0.5, 0.6) is 0 Å². The van der Waals surface area contributed by atoms with E-state index >= 15 is 0 Å². The molecule has 25 heavy (non-hydrogen) atoms. The second kappa shape index (κ2) is 11.4. The number of halogens is 1. The summed E-state index contributed by atoms with van der Waals surface area (Å²) in [5.74, 6) is -1.15. The molecule has 0 spiro atoms. The Hall–Kier alpha value is -2.12. The molecule has 0 aliphatic carbocycles. The molecule has 0 fully saturated rings. The van der Waals surface area contributed by atoms with Crippen molar-refractivity contribution in [3.8, 4) is 0 Å². The van der Waals surface area contributed by atoms with Crippen molar-refractivity contribution in [2.75, 3.05) is 13.1 Å². The molecule has 1 rings (SSSR count). The van der Waals surface area contributed by atoms with E-state index in [4.69, 9.17) is 11.5 Å². The first-order valence-electron chi connectivity index (χ1n) is 7.94. The SMILES string of the molecule is CC(C)[C@H](N)C(=O)NCC(=O)N(CCC(N)=O)Cc1ccccc1.Cl. The van der Waals surface area contributed by atoms with Gasteiger partial charge in [-0.05, 0) is 11.5 Å². The van der Waals surface area contributed by atoms with Crippen molar-refractivity contribution >= 4 is 30.1 Å². The third-order valence-electron chi connectivity index (χ3n) is 3.63. The van der Waals surface area contributed by atoms with E-state index in [0.717, 1.165) is 5.56 Å². The molecule has 1 atom stereocenters. The Morgan fingerprint density at radius 2 is 1.76 bits per heavy atom. The predicted octanol–water partition coefficient (Wildman–Crippen LogP) is 0.412. The monoisotopic (exact) mass is 370 g/mol. The Morgan fingerprint density at radius 1 is 1.16 bits per heavy atom. The van der Waals surface area contributed by atoms with Gasteiger partial charge in [0, 0.05) is 19.5 Å². The lowest BCUT2D eigenvalue weighted by Crippen LogP contribution is -2.48. The number of rotatable bonds is 9. The first-order valence-corrected chi connectivity index (χ1v) is 7.94. The van der Waals surface area contributed by atoms with E-state index in [1.54, 1.807) is 0 Å². The fraction of sp³-hybridized carbons (Fsp3) is 0.471. The van der Waals surface area contributed by atoms with Crippen LogP contribution >= 0.6 is 12.4 Å². The second-order valence-electron chi connectivity index (χ2n) is 6.00. The number of nitrogens with two attached hydrogens (primary N) is 2. The van der Waals surface area contributed by atoms with Crippen molar-refractivity contribution in [3.63, 3.8) is 0 Å². The van der Waals surface area contributed by atoms with Crippen molar-refractivity contribution in [1.29, 1.82) is 0 Å². The minimum absolute atomic E-state index is 0. The van der Waals surface area contributed by atoms with Crippen molar-refractivity contribution in [3.05, 3.63) is 35.9 Å². The fourth-order valence-electron chi connectivity index (χ4n) is 2.04. The highest BCUT2D eigenvalue weighted by Crippen LogP contribution is 2.06. The number of carbonyl (C=O) groups is 3. The van der Waals surface area contributed by atoms with Gasteiger partial charge < -0.3 is 21.7 Å². The molecule has 0 bridgehead atoms. The van der Waals surface area contributed by atoms with Gasteiger partial charge in [0.15, 0.2) is 0 Å². The standard InChI is InChI=1S/C17H26N4O3.ClH/c1-12(2)16(19)17(24)20-10-15(23)21(9-8-14(18)22)11-13-6-4-3-5-7-13;/h3-7,12,16H,8-11,19H2,1-2H3,(H2,18,22)(H,20,24);1H/t16-;/m0./s1. The zero-order chi connectivity index (χ0) is 18.1. The van der Waals surface area contributed by atoms with Crippen LogP contribution in [0.2, 0.25) is 0 Å². The number of carbonyl (C=O) groups excluding carboxylic acids is 3. The van der Waals surface area contributed by atoms with E-state index in [0.29, 0.717) is 6.54 Å². The molecule has 0 heterocycles. The maximum Gasteiger partial charge on any atom is 0.242 e. The minimum atomic E-state index is -0.661. The average Bonchev–Trinajstić information content (AvgIpc) is 2.55. The molecule has 8 heteroatoms. The lowest BCUT2D eigenvalue weighted by molar-refractivity contribution is -0.134. The molecule has 5 N–H and O–H groups in total. The highest BCUT2D eigenvalue weighted by molar-refractivity contribution is 5.87. The fourth-order valence-corrected chi connectivity index (χ4v) is 2.04. The summed E-state index contributed by atoms with van der Waals surface area (Å²) in [5.41, 5.74) is 11.8. The number of nitrogens with one attached hydrogen (secondary N) is 1. The predicted molar refractivity (Wildman–Crippen MR) is 98.7 cm³/mol. The Labute approximate surface area is 154 Å². The summed E-state index contributed by atoms with van der Waals surface area (Å²) < 4.78 is 0. The van der Waals surface area contributed by atoms with Crippen LogP contribution in [0.3, 0.4) is 0 Å². The lowest BCUT2D eigenvalue weighted by atomic mass is 10.1. The maximum absolute atomic E-state index is 12.4. The van der Waals surface area contributed by atoms with Gasteiger partial charge in [-0.3, -0.25) is 14.4 Å². The van der Waals surface area contributed by atoms with Gasteiger partial charge in [0.1, 0.15) is 0 Å². The van der Waals surface area contributed by atoms with E-state index in [1.807, 2.05) is 44.2 Å². The van der Waals surface area contributed by atoms with Crippen LogP contribution in [-0.4, -0.2) is 41.8 Å². The third kappa shape index (κ3) is 8.51. The number of primary amides is 1. The van der Waals surface area contributed by atoms with Gasteiger partial charge in [0.2, 0.25) is 17.7 Å². The maximum atomic E-state index is 12.4. The summed E-state index contributed by atoms with van der Waals surface area (Å²) >= 11 is 0. The Kier molecular flexibility index (Phi) is 10.5. The number of hydrogen-bond acceptors (Lipinski definition) is 4. The first kappa shape index (κ1) is 22.9. The number of hydrogen-bond donors (Lipinski definition) is 3. The smallest absolute Gasteiger partial charge is 0.242 e. The van der Waals surface area contributed by atoms with Gasteiger partial charge in [-0.2, -0.15) is 0 Å². The summed E-state index contributed by atoms with van der Waals surface area (Å²) in [6, 6.07) is 8.73. The van der Waals surface area contributed by atoms with E-state index in [-0.39, 0.29) is 49.6 Å². The first-order chi connectivity index (χ1) is 11.3. The molecule has 0 aliphatic heterocycles. The van der Waals surface area contributed by atoms with Crippen LogP contribution < -0.4 is 16.8 Å². The normalized spacial score (nSPS) is 11.4. The molecular formula is C17H27ClN4O3.